The molecule has 196 valence electrons. The van der Waals surface area contributed by atoms with Crippen LogP contribution in [-0.2, 0) is 11.3 Å². The summed E-state index contributed by atoms with van der Waals surface area (Å²) in [7, 11) is 0. The lowest BCUT2D eigenvalue weighted by atomic mass is 9.99. The van der Waals surface area contributed by atoms with Crippen molar-refractivity contribution in [3.8, 4) is 11.3 Å². The second kappa shape index (κ2) is 8.87. The largest absolute Gasteiger partial charge is 0.476 e. The molecular formula is C27H25F2N5O4. The molecule has 11 heteroatoms. The van der Waals surface area contributed by atoms with E-state index < -0.39 is 17.6 Å². The van der Waals surface area contributed by atoms with Crippen LogP contribution >= 0.6 is 0 Å². The number of hydrogen-bond donors (Lipinski definition) is 1. The van der Waals surface area contributed by atoms with Crippen LogP contribution < -0.4 is 4.90 Å². The fraction of sp³-hybridized carbons (Fsp3) is 0.407. The summed E-state index contributed by atoms with van der Waals surface area (Å²) in [4.78, 5) is 17.7. The minimum absolute atomic E-state index is 0.0281. The molecule has 0 spiro atoms. The number of halogens is 2. The Kier molecular flexibility index (Phi) is 5.43. The van der Waals surface area contributed by atoms with Crippen LogP contribution in [0.2, 0.25) is 0 Å². The number of carbonyl (C=O) groups is 1. The van der Waals surface area contributed by atoms with Crippen LogP contribution in [0.3, 0.4) is 0 Å². The number of nitrogens with zero attached hydrogens (tertiary/aromatic N) is 5. The summed E-state index contributed by atoms with van der Waals surface area (Å²) in [5.41, 5.74) is 1.08. The Balaban J connectivity index is 1.10. The Hall–Kier alpha value is -3.86. The molecule has 0 radical (unpaired) electrons. The van der Waals surface area contributed by atoms with Crippen molar-refractivity contribution in [3.63, 3.8) is 0 Å². The van der Waals surface area contributed by atoms with E-state index in [0.717, 1.165) is 44.3 Å². The van der Waals surface area contributed by atoms with Crippen molar-refractivity contribution in [1.29, 1.82) is 0 Å². The summed E-state index contributed by atoms with van der Waals surface area (Å²) in [6, 6.07) is 7.89. The molecule has 9 nitrogen and oxygen atoms in total. The number of anilines is 1. The summed E-state index contributed by atoms with van der Waals surface area (Å²) in [6.45, 7) is 0.180. The van der Waals surface area contributed by atoms with E-state index in [1.165, 1.54) is 28.9 Å². The number of carboxylic acids is 1. The number of benzene rings is 1. The van der Waals surface area contributed by atoms with Gasteiger partial charge in [-0.2, -0.15) is 0 Å². The van der Waals surface area contributed by atoms with Gasteiger partial charge in [-0.25, -0.2) is 23.1 Å². The van der Waals surface area contributed by atoms with Gasteiger partial charge in [0.1, 0.15) is 28.9 Å². The second-order valence-corrected chi connectivity index (χ2v) is 10.4. The molecule has 2 bridgehead atoms. The van der Waals surface area contributed by atoms with Crippen molar-refractivity contribution in [3.05, 3.63) is 65.2 Å². The zero-order valence-corrected chi connectivity index (χ0v) is 20.4. The Morgan fingerprint density at radius 3 is 2.50 bits per heavy atom. The van der Waals surface area contributed by atoms with Gasteiger partial charge in [0.2, 0.25) is 0 Å². The third kappa shape index (κ3) is 3.92. The molecule has 1 saturated carbocycles. The number of piperidine rings is 1. The van der Waals surface area contributed by atoms with Gasteiger partial charge >= 0.3 is 5.97 Å². The smallest absolute Gasteiger partial charge is 0.356 e. The van der Waals surface area contributed by atoms with E-state index in [1.807, 2.05) is 6.07 Å². The molecule has 38 heavy (non-hydrogen) atoms. The highest BCUT2D eigenvalue weighted by atomic mass is 19.1. The van der Waals surface area contributed by atoms with E-state index >= 15 is 0 Å². The molecule has 3 aromatic heterocycles. The third-order valence-electron chi connectivity index (χ3n) is 7.91. The Bertz CT molecular complexity index is 1510. The standard InChI is InChI=1S/C27H25F2N5O4/c28-19-2-1-3-20(29)24(19)25-18(26(38-32-25)14-4-5-14)13-37-17-10-15-6-7-16(11-17)34(15)23-9-8-22-30-21(27(35)36)12-33(22)31-23/h1-3,8-9,12,14-17H,4-7,10-11,13H2,(H,35,36)/t15-,16?,17?/m0/s1. The summed E-state index contributed by atoms with van der Waals surface area (Å²) >= 11 is 0. The van der Waals surface area contributed by atoms with Gasteiger partial charge in [0.05, 0.1) is 24.5 Å². The fourth-order valence-electron chi connectivity index (χ4n) is 6.00. The first-order chi connectivity index (χ1) is 18.5. The van der Waals surface area contributed by atoms with Gasteiger partial charge in [0.25, 0.3) is 0 Å². The molecule has 3 atom stereocenters. The van der Waals surface area contributed by atoms with Crippen molar-refractivity contribution in [2.24, 2.45) is 0 Å². The Morgan fingerprint density at radius 2 is 1.82 bits per heavy atom. The van der Waals surface area contributed by atoms with Crippen molar-refractivity contribution in [2.45, 2.75) is 69.2 Å². The molecular weight excluding hydrogens is 496 g/mol. The summed E-state index contributed by atoms with van der Waals surface area (Å²) in [5, 5.41) is 17.9. The Morgan fingerprint density at radius 1 is 1.08 bits per heavy atom. The van der Waals surface area contributed by atoms with Crippen molar-refractivity contribution in [2.75, 3.05) is 4.90 Å². The minimum Gasteiger partial charge on any atom is -0.476 e. The summed E-state index contributed by atoms with van der Waals surface area (Å²) in [6.07, 6.45) is 6.90. The lowest BCUT2D eigenvalue weighted by Crippen LogP contribution is -2.46. The van der Waals surface area contributed by atoms with Crippen molar-refractivity contribution >= 4 is 17.4 Å². The molecule has 3 fully saturated rings. The number of hydrogen-bond acceptors (Lipinski definition) is 7. The van der Waals surface area contributed by atoms with Crippen LogP contribution in [0.4, 0.5) is 14.6 Å². The lowest BCUT2D eigenvalue weighted by molar-refractivity contribution is 0.0145. The number of ether oxygens (including phenoxy) is 1. The molecule has 4 aromatic rings. The maximum absolute atomic E-state index is 14.6. The van der Waals surface area contributed by atoms with E-state index in [-0.39, 0.29) is 47.7 Å². The Labute approximate surface area is 216 Å². The first-order valence-corrected chi connectivity index (χ1v) is 12.9. The molecule has 1 aliphatic carbocycles. The molecule has 2 unspecified atom stereocenters. The average molecular weight is 522 g/mol. The predicted molar refractivity (Wildman–Crippen MR) is 131 cm³/mol. The molecule has 2 saturated heterocycles. The quantitative estimate of drug-likeness (QED) is 0.364. The maximum Gasteiger partial charge on any atom is 0.356 e. The topological polar surface area (TPSA) is 106 Å². The van der Waals surface area contributed by atoms with Crippen LogP contribution in [0.1, 0.15) is 66.3 Å². The highest BCUT2D eigenvalue weighted by Gasteiger charge is 2.42. The van der Waals surface area contributed by atoms with Gasteiger partial charge in [0.15, 0.2) is 11.3 Å². The first kappa shape index (κ1) is 23.3. The van der Waals surface area contributed by atoms with Gasteiger partial charge in [-0.05, 0) is 62.8 Å². The summed E-state index contributed by atoms with van der Waals surface area (Å²) in [5.74, 6) is -0.772. The SMILES string of the molecule is O=C(O)c1cn2nc(N3C4CC[C@H]3CC(OCc3c(-c5c(F)cccc5F)noc3C3CC3)C4)ccc2n1. The number of imidazole rings is 1. The monoisotopic (exact) mass is 521 g/mol. The van der Waals surface area contributed by atoms with Gasteiger partial charge in [-0.1, -0.05) is 11.2 Å². The molecule has 5 heterocycles. The van der Waals surface area contributed by atoms with Gasteiger partial charge < -0.3 is 19.3 Å². The average Bonchev–Trinajstić information content (AvgIpc) is 3.41. The van der Waals surface area contributed by atoms with Gasteiger partial charge in [-0.15, -0.1) is 5.10 Å². The highest BCUT2D eigenvalue weighted by molar-refractivity contribution is 5.86. The van der Waals surface area contributed by atoms with Crippen molar-refractivity contribution in [1.82, 2.24) is 19.8 Å². The van der Waals surface area contributed by atoms with E-state index in [4.69, 9.17) is 9.26 Å². The van der Waals surface area contributed by atoms with Crippen LogP contribution in [0.15, 0.2) is 41.1 Å². The number of fused-ring (bicyclic) bond motifs is 3. The van der Waals surface area contributed by atoms with E-state index in [2.05, 4.69) is 20.1 Å². The number of carboxylic acid groups (broad SMARTS) is 1. The number of rotatable bonds is 7. The van der Waals surface area contributed by atoms with E-state index in [9.17, 15) is 18.7 Å². The molecule has 1 N–H and O–H groups in total. The number of aromatic nitrogens is 4. The van der Waals surface area contributed by atoms with Crippen LogP contribution in [0.25, 0.3) is 16.9 Å². The molecule has 3 aliphatic rings. The molecule has 2 aliphatic heterocycles. The van der Waals surface area contributed by atoms with Crippen LogP contribution in [0.5, 0.6) is 0 Å². The third-order valence-corrected chi connectivity index (χ3v) is 7.91. The van der Waals surface area contributed by atoms with Crippen LogP contribution in [-0.4, -0.2) is 49.0 Å². The van der Waals surface area contributed by atoms with Gasteiger partial charge in [0, 0.05) is 23.6 Å². The normalized spacial score (nSPS) is 22.9. The zero-order chi connectivity index (χ0) is 26.0. The zero-order valence-electron chi connectivity index (χ0n) is 20.4. The molecule has 0 amide bonds. The number of aromatic carboxylic acids is 1. The van der Waals surface area contributed by atoms with Crippen LogP contribution in [0, 0.1) is 11.6 Å². The highest BCUT2D eigenvalue weighted by Crippen LogP contribution is 2.45. The van der Waals surface area contributed by atoms with E-state index in [0.29, 0.717) is 17.0 Å². The molecule has 7 rings (SSSR count). The maximum atomic E-state index is 14.6. The molecule has 1 aromatic carbocycles. The van der Waals surface area contributed by atoms with E-state index in [1.54, 1.807) is 6.07 Å². The summed E-state index contributed by atoms with van der Waals surface area (Å²) < 4.78 is 42.6. The fourth-order valence-corrected chi connectivity index (χ4v) is 6.00. The first-order valence-electron chi connectivity index (χ1n) is 12.9. The predicted octanol–water partition coefficient (Wildman–Crippen LogP) is 4.95. The van der Waals surface area contributed by atoms with Gasteiger partial charge in [-0.3, -0.25) is 0 Å². The second-order valence-electron chi connectivity index (χ2n) is 10.4. The van der Waals surface area contributed by atoms with Crippen molar-refractivity contribution < 1.29 is 27.9 Å². The minimum atomic E-state index is -1.09. The lowest BCUT2D eigenvalue weighted by Gasteiger charge is -2.39.